The van der Waals surface area contributed by atoms with Crippen LogP contribution in [0.25, 0.3) is 0 Å². The Morgan fingerprint density at radius 3 is 2.33 bits per heavy atom. The summed E-state index contributed by atoms with van der Waals surface area (Å²) in [5.74, 6) is -0.754. The summed E-state index contributed by atoms with van der Waals surface area (Å²) >= 11 is 0. The fourth-order valence-corrected chi connectivity index (χ4v) is 2.43. The van der Waals surface area contributed by atoms with Crippen molar-refractivity contribution in [2.75, 3.05) is 19.7 Å². The van der Waals surface area contributed by atoms with Gasteiger partial charge in [-0.05, 0) is 19.3 Å². The van der Waals surface area contributed by atoms with Crippen LogP contribution in [-0.2, 0) is 9.59 Å². The Morgan fingerprint density at radius 2 is 1.78 bits per heavy atom. The molecule has 0 bridgehead atoms. The molecule has 0 spiro atoms. The summed E-state index contributed by atoms with van der Waals surface area (Å²) in [5, 5.41) is 17.5. The molecule has 0 aromatic heterocycles. The first-order valence-corrected chi connectivity index (χ1v) is 6.76. The highest BCUT2D eigenvalue weighted by Gasteiger charge is 2.25. The van der Waals surface area contributed by atoms with Crippen molar-refractivity contribution >= 4 is 11.9 Å². The smallest absolute Gasteiger partial charge is 0.305 e. The number of rotatable bonds is 7. The van der Waals surface area contributed by atoms with E-state index in [0.29, 0.717) is 13.0 Å². The van der Waals surface area contributed by atoms with Gasteiger partial charge in [-0.2, -0.15) is 0 Å². The lowest BCUT2D eigenvalue weighted by Gasteiger charge is -2.29. The number of nitrogens with zero attached hydrogens (tertiary/aromatic N) is 1. The summed E-state index contributed by atoms with van der Waals surface area (Å²) in [6.07, 6.45) is 5.69. The molecular weight excluding hydrogens is 234 g/mol. The minimum absolute atomic E-state index is 0.0239. The van der Waals surface area contributed by atoms with Gasteiger partial charge in [0.25, 0.3) is 0 Å². The molecule has 1 fully saturated rings. The molecule has 2 N–H and O–H groups in total. The van der Waals surface area contributed by atoms with E-state index in [2.05, 4.69) is 0 Å². The van der Waals surface area contributed by atoms with Gasteiger partial charge in [-0.3, -0.25) is 9.59 Å². The average molecular weight is 257 g/mol. The number of aliphatic hydroxyl groups excluding tert-OH is 1. The fourth-order valence-electron chi connectivity index (χ4n) is 2.43. The number of aliphatic hydroxyl groups is 1. The predicted molar refractivity (Wildman–Crippen MR) is 67.1 cm³/mol. The largest absolute Gasteiger partial charge is 0.481 e. The number of carboxylic acids is 1. The first-order chi connectivity index (χ1) is 8.65. The van der Waals surface area contributed by atoms with E-state index in [-0.39, 0.29) is 31.4 Å². The van der Waals surface area contributed by atoms with Crippen LogP contribution in [0.1, 0.15) is 44.9 Å². The van der Waals surface area contributed by atoms with Gasteiger partial charge in [-0.15, -0.1) is 0 Å². The lowest BCUT2D eigenvalue weighted by molar-refractivity contribution is -0.140. The molecule has 1 rings (SSSR count). The van der Waals surface area contributed by atoms with Crippen LogP contribution in [0.5, 0.6) is 0 Å². The Kier molecular flexibility index (Phi) is 6.72. The van der Waals surface area contributed by atoms with Crippen molar-refractivity contribution in [3.8, 4) is 0 Å². The second-order valence-corrected chi connectivity index (χ2v) is 4.88. The summed E-state index contributed by atoms with van der Waals surface area (Å²) in [4.78, 5) is 24.5. The van der Waals surface area contributed by atoms with E-state index in [4.69, 9.17) is 10.2 Å². The van der Waals surface area contributed by atoms with Crippen molar-refractivity contribution in [2.24, 2.45) is 5.92 Å². The highest BCUT2D eigenvalue weighted by Crippen LogP contribution is 2.25. The van der Waals surface area contributed by atoms with Crippen molar-refractivity contribution in [1.82, 2.24) is 4.90 Å². The quantitative estimate of drug-likeness (QED) is 0.719. The SMILES string of the molecule is O=C(O)CCN(CCCO)C(=O)C1CCCCC1. The molecule has 5 nitrogen and oxygen atoms in total. The Labute approximate surface area is 108 Å². The zero-order valence-corrected chi connectivity index (χ0v) is 10.8. The number of hydrogen-bond acceptors (Lipinski definition) is 3. The third kappa shape index (κ3) is 5.04. The lowest BCUT2D eigenvalue weighted by atomic mass is 9.88. The standard InChI is InChI=1S/C13H23NO4/c15-10-4-8-14(9-7-12(16)17)13(18)11-5-2-1-3-6-11/h11,15H,1-10H2,(H,16,17). The first-order valence-electron chi connectivity index (χ1n) is 6.76. The second kappa shape index (κ2) is 8.08. The molecule has 1 amide bonds. The topological polar surface area (TPSA) is 77.8 Å². The third-order valence-electron chi connectivity index (χ3n) is 3.45. The van der Waals surface area contributed by atoms with Crippen molar-refractivity contribution in [1.29, 1.82) is 0 Å². The third-order valence-corrected chi connectivity index (χ3v) is 3.45. The number of aliphatic carboxylic acids is 1. The predicted octanol–water partition coefficient (Wildman–Crippen LogP) is 1.25. The first kappa shape index (κ1) is 15.0. The van der Waals surface area contributed by atoms with E-state index < -0.39 is 5.97 Å². The molecule has 0 aromatic rings. The van der Waals surface area contributed by atoms with Crippen molar-refractivity contribution in [3.63, 3.8) is 0 Å². The zero-order chi connectivity index (χ0) is 13.4. The Morgan fingerprint density at radius 1 is 1.11 bits per heavy atom. The Balaban J connectivity index is 2.50. The summed E-state index contributed by atoms with van der Waals surface area (Å²) < 4.78 is 0. The number of carboxylic acid groups (broad SMARTS) is 1. The minimum Gasteiger partial charge on any atom is -0.481 e. The summed E-state index contributed by atoms with van der Waals surface area (Å²) in [6, 6.07) is 0. The zero-order valence-electron chi connectivity index (χ0n) is 10.8. The molecule has 0 heterocycles. The maximum absolute atomic E-state index is 12.3. The van der Waals surface area contributed by atoms with E-state index >= 15 is 0 Å². The molecule has 1 aliphatic carbocycles. The fraction of sp³-hybridized carbons (Fsp3) is 0.846. The molecule has 0 atom stereocenters. The maximum atomic E-state index is 12.3. The van der Waals surface area contributed by atoms with Gasteiger partial charge in [-0.1, -0.05) is 19.3 Å². The molecule has 0 radical (unpaired) electrons. The molecule has 1 aliphatic rings. The molecule has 0 unspecified atom stereocenters. The molecule has 18 heavy (non-hydrogen) atoms. The Hall–Kier alpha value is -1.10. The van der Waals surface area contributed by atoms with Crippen LogP contribution in [-0.4, -0.2) is 46.7 Å². The maximum Gasteiger partial charge on any atom is 0.305 e. The molecule has 0 saturated heterocycles. The average Bonchev–Trinajstić information content (AvgIpc) is 2.39. The van der Waals surface area contributed by atoms with Crippen molar-refractivity contribution in [3.05, 3.63) is 0 Å². The minimum atomic E-state index is -0.888. The van der Waals surface area contributed by atoms with Crippen molar-refractivity contribution in [2.45, 2.75) is 44.9 Å². The van der Waals surface area contributed by atoms with E-state index in [9.17, 15) is 9.59 Å². The molecule has 104 valence electrons. The van der Waals surface area contributed by atoms with E-state index in [1.165, 1.54) is 6.42 Å². The monoisotopic (exact) mass is 257 g/mol. The van der Waals surface area contributed by atoms with Crippen molar-refractivity contribution < 1.29 is 19.8 Å². The summed E-state index contributed by atoms with van der Waals surface area (Å²) in [6.45, 7) is 0.741. The van der Waals surface area contributed by atoms with Gasteiger partial charge in [0.2, 0.25) is 5.91 Å². The second-order valence-electron chi connectivity index (χ2n) is 4.88. The van der Waals surface area contributed by atoms with E-state index in [1.807, 2.05) is 0 Å². The molecule has 0 aliphatic heterocycles. The van der Waals surface area contributed by atoms with Crippen LogP contribution in [0.3, 0.4) is 0 Å². The van der Waals surface area contributed by atoms with Crippen LogP contribution in [0.15, 0.2) is 0 Å². The van der Waals surface area contributed by atoms with Gasteiger partial charge in [0, 0.05) is 25.6 Å². The molecular formula is C13H23NO4. The highest BCUT2D eigenvalue weighted by molar-refractivity contribution is 5.79. The number of amides is 1. The van der Waals surface area contributed by atoms with Gasteiger partial charge in [-0.25, -0.2) is 0 Å². The van der Waals surface area contributed by atoms with Crippen LogP contribution in [0, 0.1) is 5.92 Å². The Bertz CT molecular complexity index is 274. The van der Waals surface area contributed by atoms with E-state index in [0.717, 1.165) is 25.7 Å². The normalized spacial score (nSPS) is 16.5. The number of hydrogen-bond donors (Lipinski definition) is 2. The number of carbonyl (C=O) groups excluding carboxylic acids is 1. The van der Waals surface area contributed by atoms with Gasteiger partial charge >= 0.3 is 5.97 Å². The number of carbonyl (C=O) groups is 2. The van der Waals surface area contributed by atoms with Gasteiger partial charge in [0.05, 0.1) is 6.42 Å². The van der Waals surface area contributed by atoms with Gasteiger partial charge in [0.15, 0.2) is 0 Å². The van der Waals surface area contributed by atoms with Crippen LogP contribution in [0.2, 0.25) is 0 Å². The summed E-state index contributed by atoms with van der Waals surface area (Å²) in [7, 11) is 0. The van der Waals surface area contributed by atoms with Gasteiger partial charge in [0.1, 0.15) is 0 Å². The lowest BCUT2D eigenvalue weighted by Crippen LogP contribution is -2.39. The highest BCUT2D eigenvalue weighted by atomic mass is 16.4. The molecule has 0 aromatic carbocycles. The van der Waals surface area contributed by atoms with E-state index in [1.54, 1.807) is 4.90 Å². The van der Waals surface area contributed by atoms with Crippen LogP contribution < -0.4 is 0 Å². The molecule has 1 saturated carbocycles. The summed E-state index contributed by atoms with van der Waals surface area (Å²) in [5.41, 5.74) is 0. The van der Waals surface area contributed by atoms with Crippen LogP contribution >= 0.6 is 0 Å². The van der Waals surface area contributed by atoms with Crippen LogP contribution in [0.4, 0.5) is 0 Å². The molecule has 5 heteroatoms. The van der Waals surface area contributed by atoms with Gasteiger partial charge < -0.3 is 15.1 Å².